The smallest absolute Gasteiger partial charge is 0.417 e. The highest BCUT2D eigenvalue weighted by Crippen LogP contribution is 2.34. The molecule has 0 aliphatic rings. The number of alkyl halides is 3. The van der Waals surface area contributed by atoms with Gasteiger partial charge in [0.2, 0.25) is 0 Å². The van der Waals surface area contributed by atoms with E-state index < -0.39 is 17.3 Å². The van der Waals surface area contributed by atoms with Gasteiger partial charge in [0.1, 0.15) is 17.9 Å². The number of fused-ring (bicyclic) bond motifs is 1. The summed E-state index contributed by atoms with van der Waals surface area (Å²) >= 11 is 6.42. The van der Waals surface area contributed by atoms with Crippen molar-refractivity contribution in [3.63, 3.8) is 0 Å². The van der Waals surface area contributed by atoms with Crippen molar-refractivity contribution in [1.29, 1.82) is 0 Å². The Hall–Kier alpha value is -4.18. The zero-order valence-corrected chi connectivity index (χ0v) is 21.1. The highest BCUT2D eigenvalue weighted by Gasteiger charge is 2.31. The van der Waals surface area contributed by atoms with E-state index in [1.54, 1.807) is 16.9 Å². The molecule has 0 bridgehead atoms. The molecule has 0 atom stereocenters. The minimum atomic E-state index is -4.58. The Bertz CT molecular complexity index is 1710. The van der Waals surface area contributed by atoms with Crippen LogP contribution in [0.15, 0.2) is 72.0 Å². The molecule has 0 unspecified atom stereocenters. The highest BCUT2D eigenvalue weighted by atomic mass is 35.5. The Kier molecular flexibility index (Phi) is 6.66. The zero-order chi connectivity index (χ0) is 27.0. The predicted molar refractivity (Wildman–Crippen MR) is 137 cm³/mol. The van der Waals surface area contributed by atoms with E-state index in [9.17, 15) is 18.0 Å². The number of para-hydroxylation sites is 1. The van der Waals surface area contributed by atoms with Crippen LogP contribution in [0.2, 0.25) is 5.02 Å². The third-order valence-electron chi connectivity index (χ3n) is 6.15. The standard InChI is InChI=1S/C27H21ClF3N5O2/c1-16-10-20(23-8-9-33-35(23)2)19-4-3-5-24(26(19)34-16)38-15-21-17(11-32-12-22(21)28)13-36-14-18(27(29,30)31)6-7-25(36)37/h3-12,14H,13,15H2,1-2H3. The molecule has 0 saturated heterocycles. The van der Waals surface area contributed by atoms with Crippen molar-refractivity contribution in [1.82, 2.24) is 24.3 Å². The van der Waals surface area contributed by atoms with Crippen molar-refractivity contribution < 1.29 is 17.9 Å². The summed E-state index contributed by atoms with van der Waals surface area (Å²) in [5, 5.41) is 5.40. The summed E-state index contributed by atoms with van der Waals surface area (Å²) in [5.41, 5.74) is 2.75. The van der Waals surface area contributed by atoms with Gasteiger partial charge in [0.25, 0.3) is 5.56 Å². The van der Waals surface area contributed by atoms with Gasteiger partial charge in [-0.05, 0) is 36.8 Å². The second kappa shape index (κ2) is 9.94. The van der Waals surface area contributed by atoms with Crippen molar-refractivity contribution in [3.8, 4) is 17.0 Å². The predicted octanol–water partition coefficient (Wildman–Crippen LogP) is 5.80. The molecule has 38 heavy (non-hydrogen) atoms. The molecule has 0 aliphatic carbocycles. The lowest BCUT2D eigenvalue weighted by molar-refractivity contribution is -0.138. The van der Waals surface area contributed by atoms with E-state index >= 15 is 0 Å². The molecule has 4 heterocycles. The van der Waals surface area contributed by atoms with Gasteiger partial charge in [-0.2, -0.15) is 18.3 Å². The average molecular weight is 540 g/mol. The number of hydrogen-bond donors (Lipinski definition) is 0. The quantitative estimate of drug-likeness (QED) is 0.273. The molecule has 0 saturated carbocycles. The van der Waals surface area contributed by atoms with Crippen LogP contribution in [0.5, 0.6) is 5.75 Å². The van der Waals surface area contributed by atoms with Crippen molar-refractivity contribution in [2.45, 2.75) is 26.3 Å². The van der Waals surface area contributed by atoms with Gasteiger partial charge in [0.15, 0.2) is 0 Å². The number of pyridine rings is 3. The van der Waals surface area contributed by atoms with Crippen LogP contribution in [0, 0.1) is 6.92 Å². The molecular formula is C27H21ClF3N5O2. The molecule has 5 aromatic rings. The van der Waals surface area contributed by atoms with E-state index in [0.29, 0.717) is 22.4 Å². The fraction of sp³-hybridized carbons (Fsp3) is 0.185. The van der Waals surface area contributed by atoms with Gasteiger partial charge in [0, 0.05) is 60.1 Å². The van der Waals surface area contributed by atoms with Crippen LogP contribution in [-0.4, -0.2) is 24.3 Å². The summed E-state index contributed by atoms with van der Waals surface area (Å²) in [4.78, 5) is 21.1. The van der Waals surface area contributed by atoms with E-state index in [4.69, 9.17) is 21.3 Å². The van der Waals surface area contributed by atoms with Crippen LogP contribution < -0.4 is 10.3 Å². The van der Waals surface area contributed by atoms with Crippen molar-refractivity contribution >= 4 is 22.5 Å². The molecule has 1 aromatic carbocycles. The van der Waals surface area contributed by atoms with Crippen molar-refractivity contribution in [2.24, 2.45) is 7.05 Å². The molecule has 0 spiro atoms. The molecule has 0 N–H and O–H groups in total. The molecule has 194 valence electrons. The first-order valence-corrected chi connectivity index (χ1v) is 11.9. The fourth-order valence-electron chi connectivity index (χ4n) is 4.27. The molecule has 0 radical (unpaired) electrons. The van der Waals surface area contributed by atoms with E-state index in [2.05, 4.69) is 10.1 Å². The number of aromatic nitrogens is 5. The van der Waals surface area contributed by atoms with E-state index in [-0.39, 0.29) is 18.2 Å². The number of ether oxygens (including phenoxy) is 1. The first kappa shape index (κ1) is 25.5. The second-order valence-corrected chi connectivity index (χ2v) is 9.14. The molecule has 0 amide bonds. The summed E-state index contributed by atoms with van der Waals surface area (Å²) in [6.07, 6.45) is 0.807. The first-order valence-electron chi connectivity index (χ1n) is 11.5. The summed E-state index contributed by atoms with van der Waals surface area (Å²) in [7, 11) is 1.86. The number of hydrogen-bond acceptors (Lipinski definition) is 5. The summed E-state index contributed by atoms with van der Waals surface area (Å²) in [6.45, 7) is 1.72. The average Bonchev–Trinajstić information content (AvgIpc) is 3.29. The van der Waals surface area contributed by atoms with Gasteiger partial charge in [-0.15, -0.1) is 0 Å². The zero-order valence-electron chi connectivity index (χ0n) is 20.3. The monoisotopic (exact) mass is 539 g/mol. The van der Waals surface area contributed by atoms with Crippen LogP contribution in [0.25, 0.3) is 22.2 Å². The topological polar surface area (TPSA) is 74.8 Å². The minimum Gasteiger partial charge on any atom is -0.487 e. The Morgan fingerprint density at radius 3 is 2.66 bits per heavy atom. The number of nitrogens with zero attached hydrogens (tertiary/aromatic N) is 5. The van der Waals surface area contributed by atoms with E-state index in [1.165, 1.54) is 12.4 Å². The maximum absolute atomic E-state index is 13.2. The van der Waals surface area contributed by atoms with Crippen LogP contribution in [0.4, 0.5) is 13.2 Å². The number of halogens is 4. The molecule has 0 aliphatic heterocycles. The maximum Gasteiger partial charge on any atom is 0.417 e. The first-order chi connectivity index (χ1) is 18.1. The summed E-state index contributed by atoms with van der Waals surface area (Å²) in [5.74, 6) is 0.504. The van der Waals surface area contributed by atoms with Crippen LogP contribution in [-0.2, 0) is 26.4 Å². The molecule has 5 rings (SSSR count). The highest BCUT2D eigenvalue weighted by molar-refractivity contribution is 6.31. The number of rotatable bonds is 6. The Morgan fingerprint density at radius 2 is 1.92 bits per heavy atom. The van der Waals surface area contributed by atoms with Gasteiger partial charge in [0.05, 0.1) is 22.8 Å². The lowest BCUT2D eigenvalue weighted by atomic mass is 10.0. The van der Waals surface area contributed by atoms with Crippen LogP contribution in [0.1, 0.15) is 22.4 Å². The van der Waals surface area contributed by atoms with Gasteiger partial charge in [-0.1, -0.05) is 23.7 Å². The lowest BCUT2D eigenvalue weighted by Gasteiger charge is -2.16. The molecular weight excluding hydrogens is 519 g/mol. The van der Waals surface area contributed by atoms with Crippen molar-refractivity contribution in [3.05, 3.63) is 105 Å². The van der Waals surface area contributed by atoms with Crippen LogP contribution >= 0.6 is 11.6 Å². The van der Waals surface area contributed by atoms with E-state index in [0.717, 1.165) is 45.2 Å². The third-order valence-corrected chi connectivity index (χ3v) is 6.47. The van der Waals surface area contributed by atoms with Crippen LogP contribution in [0.3, 0.4) is 0 Å². The Morgan fingerprint density at radius 1 is 1.11 bits per heavy atom. The third kappa shape index (κ3) is 4.99. The number of benzene rings is 1. The Balaban J connectivity index is 1.50. The SMILES string of the molecule is Cc1cc(-c2ccnn2C)c2cccc(OCc3c(Cl)cncc3Cn3cc(C(F)(F)F)ccc3=O)c2n1. The molecule has 0 fully saturated rings. The summed E-state index contributed by atoms with van der Waals surface area (Å²) in [6, 6.07) is 11.1. The minimum absolute atomic E-state index is 0.0137. The summed E-state index contributed by atoms with van der Waals surface area (Å²) < 4.78 is 48.5. The maximum atomic E-state index is 13.2. The molecule has 4 aromatic heterocycles. The van der Waals surface area contributed by atoms with Crippen molar-refractivity contribution in [2.75, 3.05) is 0 Å². The normalized spacial score (nSPS) is 11.7. The fourth-order valence-corrected chi connectivity index (χ4v) is 4.50. The Labute approximate surface area is 220 Å². The number of aryl methyl sites for hydroxylation is 2. The van der Waals surface area contributed by atoms with Gasteiger partial charge in [-0.25, -0.2) is 4.98 Å². The molecule has 11 heteroatoms. The van der Waals surface area contributed by atoms with Gasteiger partial charge >= 0.3 is 6.18 Å². The lowest BCUT2D eigenvalue weighted by Crippen LogP contribution is -2.22. The molecule has 7 nitrogen and oxygen atoms in total. The van der Waals surface area contributed by atoms with Gasteiger partial charge < -0.3 is 9.30 Å². The second-order valence-electron chi connectivity index (χ2n) is 8.73. The largest absolute Gasteiger partial charge is 0.487 e. The van der Waals surface area contributed by atoms with E-state index in [1.807, 2.05) is 38.2 Å². The van der Waals surface area contributed by atoms with Gasteiger partial charge in [-0.3, -0.25) is 14.5 Å².